The lowest BCUT2D eigenvalue weighted by Crippen LogP contribution is -2.15. The van der Waals surface area contributed by atoms with Gasteiger partial charge in [0.1, 0.15) is 10.7 Å². The molecule has 7 heteroatoms. The molecule has 3 aromatic rings. The van der Waals surface area contributed by atoms with Gasteiger partial charge >= 0.3 is 0 Å². The van der Waals surface area contributed by atoms with E-state index in [1.54, 1.807) is 6.92 Å². The van der Waals surface area contributed by atoms with Gasteiger partial charge < -0.3 is 14.1 Å². The summed E-state index contributed by atoms with van der Waals surface area (Å²) in [6, 6.07) is 5.98. The molecule has 0 aliphatic carbocycles. The number of imidazole rings is 1. The summed E-state index contributed by atoms with van der Waals surface area (Å²) in [7, 11) is 0. The number of aromatic nitrogens is 4. The predicted molar refractivity (Wildman–Crippen MR) is 80.3 cm³/mol. The van der Waals surface area contributed by atoms with Crippen molar-refractivity contribution in [2.45, 2.75) is 37.1 Å². The SMILES string of the molecule is CCCNCc1c(Sc2nnc(C)o2)nc2ccccn12. The van der Waals surface area contributed by atoms with Gasteiger partial charge in [-0.2, -0.15) is 0 Å². The fraction of sp³-hybridized carbons (Fsp3) is 0.357. The Labute approximate surface area is 127 Å². The van der Waals surface area contributed by atoms with Crippen molar-refractivity contribution in [3.63, 3.8) is 0 Å². The molecule has 3 heterocycles. The second-order valence-corrected chi connectivity index (χ2v) is 5.60. The van der Waals surface area contributed by atoms with Crippen LogP contribution in [0.3, 0.4) is 0 Å². The molecule has 0 aromatic carbocycles. The first-order valence-corrected chi connectivity index (χ1v) is 7.74. The molecule has 0 spiro atoms. The largest absolute Gasteiger partial charge is 0.416 e. The number of rotatable bonds is 6. The van der Waals surface area contributed by atoms with Gasteiger partial charge in [-0.1, -0.05) is 13.0 Å². The van der Waals surface area contributed by atoms with E-state index in [1.807, 2.05) is 24.4 Å². The average molecular weight is 303 g/mol. The normalized spacial score (nSPS) is 11.3. The van der Waals surface area contributed by atoms with Crippen LogP contribution in [0.4, 0.5) is 0 Å². The molecule has 21 heavy (non-hydrogen) atoms. The first-order valence-electron chi connectivity index (χ1n) is 6.92. The third kappa shape index (κ3) is 3.08. The number of fused-ring (bicyclic) bond motifs is 1. The van der Waals surface area contributed by atoms with E-state index in [9.17, 15) is 0 Å². The fourth-order valence-corrected chi connectivity index (χ4v) is 2.89. The van der Waals surface area contributed by atoms with Gasteiger partial charge in [0.05, 0.1) is 5.69 Å². The third-order valence-electron chi connectivity index (χ3n) is 3.00. The lowest BCUT2D eigenvalue weighted by Gasteiger charge is -2.05. The molecule has 0 amide bonds. The van der Waals surface area contributed by atoms with E-state index >= 15 is 0 Å². The summed E-state index contributed by atoms with van der Waals surface area (Å²) in [6.45, 7) is 5.67. The van der Waals surface area contributed by atoms with Crippen LogP contribution in [0.5, 0.6) is 0 Å². The molecule has 0 aliphatic heterocycles. The van der Waals surface area contributed by atoms with E-state index in [-0.39, 0.29) is 0 Å². The molecular weight excluding hydrogens is 286 g/mol. The molecule has 0 atom stereocenters. The van der Waals surface area contributed by atoms with Crippen LogP contribution in [0.1, 0.15) is 24.9 Å². The van der Waals surface area contributed by atoms with Gasteiger partial charge in [0.15, 0.2) is 0 Å². The Bertz CT molecular complexity index is 736. The Morgan fingerprint density at radius 1 is 1.33 bits per heavy atom. The van der Waals surface area contributed by atoms with E-state index in [0.717, 1.165) is 35.9 Å². The molecule has 0 fully saturated rings. The molecular formula is C14H17N5OS. The lowest BCUT2D eigenvalue weighted by atomic mass is 10.4. The van der Waals surface area contributed by atoms with Crippen LogP contribution in [-0.4, -0.2) is 26.1 Å². The van der Waals surface area contributed by atoms with Gasteiger partial charge in [-0.3, -0.25) is 0 Å². The summed E-state index contributed by atoms with van der Waals surface area (Å²) in [5.41, 5.74) is 2.03. The maximum atomic E-state index is 5.44. The Hall–Kier alpha value is -1.86. The molecule has 0 saturated heterocycles. The zero-order valence-corrected chi connectivity index (χ0v) is 12.9. The molecule has 0 bridgehead atoms. The standard InChI is InChI=1S/C14H17N5OS/c1-3-7-15-9-11-13(21-14-18-17-10(2)20-14)16-12-6-4-5-8-19(11)12/h4-6,8,15H,3,7,9H2,1-2H3. The summed E-state index contributed by atoms with van der Waals surface area (Å²) in [5.74, 6) is 0.562. The van der Waals surface area contributed by atoms with Gasteiger partial charge in [-0.25, -0.2) is 4.98 Å². The van der Waals surface area contributed by atoms with Crippen molar-refractivity contribution in [1.29, 1.82) is 0 Å². The van der Waals surface area contributed by atoms with Gasteiger partial charge in [-0.05, 0) is 36.9 Å². The highest BCUT2D eigenvalue weighted by Gasteiger charge is 2.15. The number of hydrogen-bond donors (Lipinski definition) is 1. The number of nitrogens with zero attached hydrogens (tertiary/aromatic N) is 4. The Balaban J connectivity index is 1.93. The van der Waals surface area contributed by atoms with E-state index < -0.39 is 0 Å². The second-order valence-electron chi connectivity index (χ2n) is 4.66. The van der Waals surface area contributed by atoms with Gasteiger partial charge in [-0.15, -0.1) is 10.2 Å². The minimum atomic E-state index is 0.521. The van der Waals surface area contributed by atoms with Crippen LogP contribution >= 0.6 is 11.8 Å². The predicted octanol–water partition coefficient (Wildman–Crippen LogP) is 2.68. The second kappa shape index (κ2) is 6.28. The summed E-state index contributed by atoms with van der Waals surface area (Å²) in [4.78, 5) is 4.65. The maximum absolute atomic E-state index is 5.44. The molecule has 3 rings (SSSR count). The zero-order valence-electron chi connectivity index (χ0n) is 12.0. The van der Waals surface area contributed by atoms with Crippen LogP contribution in [0.2, 0.25) is 0 Å². The topological polar surface area (TPSA) is 68.2 Å². The monoisotopic (exact) mass is 303 g/mol. The average Bonchev–Trinajstić information content (AvgIpc) is 3.04. The van der Waals surface area contributed by atoms with Crippen LogP contribution < -0.4 is 5.32 Å². The van der Waals surface area contributed by atoms with Crippen molar-refractivity contribution in [2.24, 2.45) is 0 Å². The number of hydrogen-bond acceptors (Lipinski definition) is 6. The molecule has 0 aliphatic rings. The van der Waals surface area contributed by atoms with E-state index in [4.69, 9.17) is 4.42 Å². The number of nitrogens with one attached hydrogen (secondary N) is 1. The number of aryl methyl sites for hydroxylation is 1. The van der Waals surface area contributed by atoms with Crippen molar-refractivity contribution in [2.75, 3.05) is 6.54 Å². The first-order chi connectivity index (χ1) is 10.3. The molecule has 0 radical (unpaired) electrons. The van der Waals surface area contributed by atoms with Crippen LogP contribution in [-0.2, 0) is 6.54 Å². The van der Waals surface area contributed by atoms with Crippen molar-refractivity contribution < 1.29 is 4.42 Å². The van der Waals surface area contributed by atoms with Crippen molar-refractivity contribution in [3.8, 4) is 0 Å². The smallest absolute Gasteiger partial charge is 0.282 e. The molecule has 6 nitrogen and oxygen atoms in total. The third-order valence-corrected chi connectivity index (χ3v) is 3.86. The van der Waals surface area contributed by atoms with E-state index in [2.05, 4.69) is 31.8 Å². The molecule has 110 valence electrons. The minimum absolute atomic E-state index is 0.521. The van der Waals surface area contributed by atoms with Gasteiger partial charge in [0.2, 0.25) is 5.89 Å². The Kier molecular flexibility index (Phi) is 4.21. The summed E-state index contributed by atoms with van der Waals surface area (Å²) >= 11 is 1.41. The highest BCUT2D eigenvalue weighted by Crippen LogP contribution is 2.29. The minimum Gasteiger partial charge on any atom is -0.416 e. The summed E-state index contributed by atoms with van der Waals surface area (Å²) < 4.78 is 7.53. The zero-order chi connectivity index (χ0) is 14.7. The van der Waals surface area contributed by atoms with Gasteiger partial charge in [0, 0.05) is 19.7 Å². The first kappa shape index (κ1) is 14.1. The fourth-order valence-electron chi connectivity index (χ4n) is 2.05. The molecule has 0 unspecified atom stereocenters. The van der Waals surface area contributed by atoms with E-state index in [0.29, 0.717) is 11.1 Å². The quantitative estimate of drug-likeness (QED) is 0.706. The van der Waals surface area contributed by atoms with Gasteiger partial charge in [0.25, 0.3) is 5.22 Å². The van der Waals surface area contributed by atoms with Crippen LogP contribution in [0.15, 0.2) is 39.1 Å². The van der Waals surface area contributed by atoms with E-state index in [1.165, 1.54) is 11.8 Å². The van der Waals surface area contributed by atoms with Crippen molar-refractivity contribution in [3.05, 3.63) is 36.0 Å². The highest BCUT2D eigenvalue weighted by atomic mass is 32.2. The highest BCUT2D eigenvalue weighted by molar-refractivity contribution is 7.99. The van der Waals surface area contributed by atoms with Crippen LogP contribution in [0.25, 0.3) is 5.65 Å². The van der Waals surface area contributed by atoms with Crippen molar-refractivity contribution >= 4 is 17.4 Å². The summed E-state index contributed by atoms with van der Waals surface area (Å²) in [6.07, 6.45) is 3.12. The van der Waals surface area contributed by atoms with Crippen molar-refractivity contribution in [1.82, 2.24) is 24.9 Å². The Morgan fingerprint density at radius 3 is 3.00 bits per heavy atom. The maximum Gasteiger partial charge on any atom is 0.282 e. The lowest BCUT2D eigenvalue weighted by molar-refractivity contribution is 0.429. The summed E-state index contributed by atoms with van der Waals surface area (Å²) in [5, 5.41) is 12.7. The van der Waals surface area contributed by atoms with Crippen LogP contribution in [0, 0.1) is 6.92 Å². The number of pyridine rings is 1. The molecule has 0 saturated carbocycles. The Morgan fingerprint density at radius 2 is 2.24 bits per heavy atom. The molecule has 3 aromatic heterocycles. The molecule has 1 N–H and O–H groups in total.